The van der Waals surface area contributed by atoms with Crippen molar-refractivity contribution in [3.8, 4) is 0 Å². The Morgan fingerprint density at radius 2 is 2.05 bits per heavy atom. The summed E-state index contributed by atoms with van der Waals surface area (Å²) in [5, 5.41) is 13.2. The lowest BCUT2D eigenvalue weighted by atomic mass is 9.84. The second-order valence-electron chi connectivity index (χ2n) is 5.49. The van der Waals surface area contributed by atoms with Gasteiger partial charge in [0.2, 0.25) is 0 Å². The number of nitrogens with zero attached hydrogens (tertiary/aromatic N) is 1. The number of β-amino-alcohol motifs (C(OH)–C–C–N with tert-alkyl or cyclic N) is 1. The van der Waals surface area contributed by atoms with Crippen LogP contribution < -0.4 is 5.32 Å². The van der Waals surface area contributed by atoms with Crippen LogP contribution in [0.3, 0.4) is 0 Å². The standard InChI is InChI=1S/C13H22N2O3S/c1-19-8-5-10-11(16)15(12(17)14-10)9-13(18)6-3-2-4-7-13/h10,18H,2-9H2,1H3,(H,14,17)/t10-/m0/s1. The molecule has 108 valence electrons. The fraction of sp³-hybridized carbons (Fsp3) is 0.846. The number of carbonyl (C=O) groups is 2. The average Bonchev–Trinajstić information content (AvgIpc) is 2.64. The van der Waals surface area contributed by atoms with Gasteiger partial charge in [0.05, 0.1) is 12.1 Å². The lowest BCUT2D eigenvalue weighted by Gasteiger charge is -2.34. The van der Waals surface area contributed by atoms with Crippen molar-refractivity contribution in [1.82, 2.24) is 10.2 Å². The van der Waals surface area contributed by atoms with Crippen LogP contribution in [0.2, 0.25) is 0 Å². The first-order valence-corrected chi connectivity index (χ1v) is 8.28. The molecule has 1 saturated heterocycles. The number of thioether (sulfide) groups is 1. The Morgan fingerprint density at radius 1 is 1.37 bits per heavy atom. The summed E-state index contributed by atoms with van der Waals surface area (Å²) in [6.07, 6.45) is 7.05. The first-order valence-electron chi connectivity index (χ1n) is 6.89. The second kappa shape index (κ2) is 6.13. The van der Waals surface area contributed by atoms with Gasteiger partial charge >= 0.3 is 6.03 Å². The smallest absolute Gasteiger partial charge is 0.324 e. The summed E-state index contributed by atoms with van der Waals surface area (Å²) in [4.78, 5) is 25.2. The van der Waals surface area contributed by atoms with E-state index in [4.69, 9.17) is 0 Å². The number of carbonyl (C=O) groups excluding carboxylic acids is 2. The maximum atomic E-state index is 12.2. The van der Waals surface area contributed by atoms with E-state index in [1.807, 2.05) is 6.26 Å². The molecule has 5 nitrogen and oxygen atoms in total. The fourth-order valence-corrected chi connectivity index (χ4v) is 3.29. The van der Waals surface area contributed by atoms with Crippen LogP contribution in [-0.4, -0.2) is 52.1 Å². The van der Waals surface area contributed by atoms with Gasteiger partial charge in [0.1, 0.15) is 6.04 Å². The molecule has 2 N–H and O–H groups in total. The molecule has 0 aromatic rings. The van der Waals surface area contributed by atoms with Crippen molar-refractivity contribution < 1.29 is 14.7 Å². The monoisotopic (exact) mass is 286 g/mol. The minimum absolute atomic E-state index is 0.146. The maximum absolute atomic E-state index is 12.2. The van der Waals surface area contributed by atoms with Crippen LogP contribution in [0.5, 0.6) is 0 Å². The molecule has 1 aliphatic heterocycles. The summed E-state index contributed by atoms with van der Waals surface area (Å²) in [7, 11) is 0. The normalized spacial score (nSPS) is 26.6. The number of nitrogens with one attached hydrogen (secondary N) is 1. The summed E-state index contributed by atoms with van der Waals surface area (Å²) in [6.45, 7) is 0.146. The molecular weight excluding hydrogens is 264 g/mol. The van der Waals surface area contributed by atoms with E-state index in [0.29, 0.717) is 19.3 Å². The van der Waals surface area contributed by atoms with Gasteiger partial charge in [-0.1, -0.05) is 19.3 Å². The highest BCUT2D eigenvalue weighted by atomic mass is 32.2. The Morgan fingerprint density at radius 3 is 2.68 bits per heavy atom. The van der Waals surface area contributed by atoms with E-state index in [1.165, 1.54) is 4.90 Å². The molecule has 3 amide bonds. The molecule has 2 fully saturated rings. The summed E-state index contributed by atoms with van der Waals surface area (Å²) in [5.41, 5.74) is -0.875. The zero-order chi connectivity index (χ0) is 13.9. The zero-order valence-electron chi connectivity index (χ0n) is 11.4. The van der Waals surface area contributed by atoms with Gasteiger partial charge in [0.15, 0.2) is 0 Å². The summed E-state index contributed by atoms with van der Waals surface area (Å²) >= 11 is 1.66. The van der Waals surface area contributed by atoms with Crippen LogP contribution in [0.15, 0.2) is 0 Å². The van der Waals surface area contributed by atoms with Gasteiger partial charge in [-0.3, -0.25) is 9.69 Å². The van der Waals surface area contributed by atoms with Crippen LogP contribution in [0.4, 0.5) is 4.79 Å². The van der Waals surface area contributed by atoms with E-state index >= 15 is 0 Å². The van der Waals surface area contributed by atoms with Crippen LogP contribution in [0.1, 0.15) is 38.5 Å². The highest BCUT2D eigenvalue weighted by Crippen LogP contribution is 2.29. The topological polar surface area (TPSA) is 69.6 Å². The molecule has 1 aliphatic carbocycles. The number of urea groups is 1. The SMILES string of the molecule is CSCC[C@@H]1NC(=O)N(CC2(O)CCCCC2)C1=O. The fourth-order valence-electron chi connectivity index (χ4n) is 2.82. The number of amides is 3. The number of hydrogen-bond donors (Lipinski definition) is 2. The molecule has 0 aromatic carbocycles. The Hall–Kier alpha value is -0.750. The van der Waals surface area contributed by atoms with E-state index in [1.54, 1.807) is 11.8 Å². The van der Waals surface area contributed by atoms with Crippen molar-refractivity contribution in [2.75, 3.05) is 18.6 Å². The number of hydrogen-bond acceptors (Lipinski definition) is 4. The summed E-state index contributed by atoms with van der Waals surface area (Å²) in [6, 6.07) is -0.762. The van der Waals surface area contributed by atoms with E-state index < -0.39 is 11.6 Å². The third-order valence-electron chi connectivity index (χ3n) is 3.95. The van der Waals surface area contributed by atoms with Crippen LogP contribution in [0, 0.1) is 0 Å². The van der Waals surface area contributed by atoms with Crippen molar-refractivity contribution in [2.24, 2.45) is 0 Å². The quantitative estimate of drug-likeness (QED) is 0.749. The van der Waals surface area contributed by atoms with Gasteiger partial charge in [-0.25, -0.2) is 4.79 Å². The number of aliphatic hydroxyl groups is 1. The summed E-state index contributed by atoms with van der Waals surface area (Å²) in [5.74, 6) is 0.660. The Labute approximate surface area is 118 Å². The second-order valence-corrected chi connectivity index (χ2v) is 6.48. The summed E-state index contributed by atoms with van der Waals surface area (Å²) < 4.78 is 0. The van der Waals surface area contributed by atoms with Gasteiger partial charge in [0.25, 0.3) is 5.91 Å². The third kappa shape index (κ3) is 3.42. The van der Waals surface area contributed by atoms with E-state index in [9.17, 15) is 14.7 Å². The lowest BCUT2D eigenvalue weighted by Crippen LogP contribution is -2.47. The average molecular weight is 286 g/mol. The molecule has 0 aromatic heterocycles. The first kappa shape index (κ1) is 14.7. The molecule has 2 aliphatic rings. The van der Waals surface area contributed by atoms with E-state index in [0.717, 1.165) is 25.0 Å². The molecular formula is C13H22N2O3S. The van der Waals surface area contributed by atoms with Crippen molar-refractivity contribution in [3.05, 3.63) is 0 Å². The van der Waals surface area contributed by atoms with Crippen molar-refractivity contribution in [1.29, 1.82) is 0 Å². The van der Waals surface area contributed by atoms with E-state index in [2.05, 4.69) is 5.32 Å². The van der Waals surface area contributed by atoms with E-state index in [-0.39, 0.29) is 18.5 Å². The van der Waals surface area contributed by atoms with Crippen molar-refractivity contribution in [2.45, 2.75) is 50.2 Å². The minimum Gasteiger partial charge on any atom is -0.388 e. The van der Waals surface area contributed by atoms with Crippen molar-refractivity contribution >= 4 is 23.7 Å². The molecule has 0 unspecified atom stereocenters. The van der Waals surface area contributed by atoms with Gasteiger partial charge in [-0.05, 0) is 31.3 Å². The lowest BCUT2D eigenvalue weighted by molar-refractivity contribution is -0.130. The van der Waals surface area contributed by atoms with Gasteiger partial charge < -0.3 is 10.4 Å². The van der Waals surface area contributed by atoms with Gasteiger partial charge in [0, 0.05) is 0 Å². The highest BCUT2D eigenvalue weighted by molar-refractivity contribution is 7.98. The molecule has 2 rings (SSSR count). The molecule has 0 spiro atoms. The molecule has 1 saturated carbocycles. The molecule has 0 bridgehead atoms. The third-order valence-corrected chi connectivity index (χ3v) is 4.60. The van der Waals surface area contributed by atoms with Crippen molar-refractivity contribution in [3.63, 3.8) is 0 Å². The molecule has 1 atom stereocenters. The van der Waals surface area contributed by atoms with Gasteiger partial charge in [-0.2, -0.15) is 11.8 Å². The maximum Gasteiger partial charge on any atom is 0.324 e. The van der Waals surface area contributed by atoms with Crippen LogP contribution in [0.25, 0.3) is 0 Å². The zero-order valence-corrected chi connectivity index (χ0v) is 12.2. The Bertz CT molecular complexity index is 356. The van der Waals surface area contributed by atoms with Crippen LogP contribution in [-0.2, 0) is 4.79 Å². The number of rotatable bonds is 5. The molecule has 0 radical (unpaired) electrons. The predicted molar refractivity (Wildman–Crippen MR) is 75.1 cm³/mol. The highest BCUT2D eigenvalue weighted by Gasteiger charge is 2.42. The van der Waals surface area contributed by atoms with Crippen LogP contribution >= 0.6 is 11.8 Å². The minimum atomic E-state index is -0.875. The molecule has 1 heterocycles. The van der Waals surface area contributed by atoms with Gasteiger partial charge in [-0.15, -0.1) is 0 Å². The number of imide groups is 1. The largest absolute Gasteiger partial charge is 0.388 e. The molecule has 19 heavy (non-hydrogen) atoms. The first-order chi connectivity index (χ1) is 9.06. The predicted octanol–water partition coefficient (Wildman–Crippen LogP) is 1.36. The molecule has 6 heteroatoms. The Kier molecular flexibility index (Phi) is 4.73. The Balaban J connectivity index is 1.96.